The molecule has 2 nitrogen and oxygen atoms in total. The number of aromatic nitrogens is 2. The molecule has 78 valence electrons. The maximum absolute atomic E-state index is 5.77. The van der Waals surface area contributed by atoms with Gasteiger partial charge in [0.15, 0.2) is 0 Å². The highest BCUT2D eigenvalue weighted by molar-refractivity contribution is 7.10. The number of thiophene rings is 1. The van der Waals surface area contributed by atoms with Gasteiger partial charge in [0.2, 0.25) is 5.28 Å². The third kappa shape index (κ3) is 1.71. The van der Waals surface area contributed by atoms with Crippen molar-refractivity contribution in [2.75, 3.05) is 0 Å². The summed E-state index contributed by atoms with van der Waals surface area (Å²) >= 11 is 9.06. The fraction of sp³-hybridized carbons (Fsp3) is 0.400. The average Bonchev–Trinajstić information content (AvgIpc) is 2.84. The molecule has 1 aliphatic carbocycles. The van der Waals surface area contributed by atoms with E-state index in [1.807, 2.05) is 11.3 Å². The minimum absolute atomic E-state index is 0.386. The molecule has 0 amide bonds. The van der Waals surface area contributed by atoms with Crippen LogP contribution in [0, 0.1) is 0 Å². The minimum atomic E-state index is 0.386. The first kappa shape index (κ1) is 9.75. The number of aryl methyl sites for hydroxylation is 1. The Hall–Kier alpha value is -0.450. The van der Waals surface area contributed by atoms with Gasteiger partial charge in [0, 0.05) is 10.8 Å². The molecule has 5 heteroatoms. The molecule has 0 saturated heterocycles. The van der Waals surface area contributed by atoms with Crippen LogP contribution in [-0.2, 0) is 6.42 Å². The Morgan fingerprint density at radius 2 is 2.40 bits per heavy atom. The second kappa shape index (κ2) is 3.85. The lowest BCUT2D eigenvalue weighted by Gasteiger charge is -2.19. The normalized spacial score (nSPS) is 20.2. The summed E-state index contributed by atoms with van der Waals surface area (Å²) < 4.78 is 4.05. The Labute approximate surface area is 101 Å². The molecule has 0 saturated carbocycles. The molecule has 0 aliphatic heterocycles. The van der Waals surface area contributed by atoms with Crippen molar-refractivity contribution in [2.45, 2.75) is 25.2 Å². The molecule has 0 aromatic carbocycles. The van der Waals surface area contributed by atoms with Gasteiger partial charge >= 0.3 is 0 Å². The maximum Gasteiger partial charge on any atom is 0.234 e. The van der Waals surface area contributed by atoms with Crippen LogP contribution >= 0.6 is 34.5 Å². The largest absolute Gasteiger partial charge is 0.234 e. The molecule has 2 aromatic heterocycles. The molecule has 1 atom stereocenters. The third-order valence-electron chi connectivity index (χ3n) is 2.77. The molecule has 0 N–H and O–H groups in total. The summed E-state index contributed by atoms with van der Waals surface area (Å²) in [5, 5.41) is 3.63. The van der Waals surface area contributed by atoms with Gasteiger partial charge in [0.1, 0.15) is 5.01 Å². The van der Waals surface area contributed by atoms with E-state index in [0.29, 0.717) is 11.2 Å². The monoisotopic (exact) mass is 256 g/mol. The van der Waals surface area contributed by atoms with Crippen molar-refractivity contribution in [1.82, 2.24) is 9.36 Å². The quantitative estimate of drug-likeness (QED) is 0.777. The number of rotatable bonds is 1. The fourth-order valence-electron chi connectivity index (χ4n) is 2.10. The van der Waals surface area contributed by atoms with Crippen LogP contribution in [0.4, 0.5) is 0 Å². The van der Waals surface area contributed by atoms with Crippen molar-refractivity contribution in [2.24, 2.45) is 0 Å². The molecular weight excluding hydrogens is 248 g/mol. The molecule has 0 radical (unpaired) electrons. The van der Waals surface area contributed by atoms with Crippen LogP contribution in [0.15, 0.2) is 11.4 Å². The molecule has 1 aliphatic rings. The highest BCUT2D eigenvalue weighted by Crippen LogP contribution is 2.39. The molecule has 15 heavy (non-hydrogen) atoms. The van der Waals surface area contributed by atoms with Gasteiger partial charge in [-0.15, -0.1) is 11.3 Å². The van der Waals surface area contributed by atoms with Crippen LogP contribution in [0.5, 0.6) is 0 Å². The Kier molecular flexibility index (Phi) is 2.50. The van der Waals surface area contributed by atoms with Crippen LogP contribution < -0.4 is 0 Å². The van der Waals surface area contributed by atoms with Crippen molar-refractivity contribution in [3.05, 3.63) is 32.2 Å². The van der Waals surface area contributed by atoms with E-state index >= 15 is 0 Å². The molecule has 1 unspecified atom stereocenters. The van der Waals surface area contributed by atoms with E-state index in [0.717, 1.165) is 5.01 Å². The predicted molar refractivity (Wildman–Crippen MR) is 64.0 cm³/mol. The summed E-state index contributed by atoms with van der Waals surface area (Å²) in [5.74, 6) is 0.435. The van der Waals surface area contributed by atoms with Crippen LogP contribution in [0.1, 0.15) is 34.2 Å². The van der Waals surface area contributed by atoms with Gasteiger partial charge in [-0.2, -0.15) is 4.37 Å². The SMILES string of the molecule is Clc1nsc(C2CCCc3sccc32)n1. The highest BCUT2D eigenvalue weighted by Gasteiger charge is 2.25. The second-order valence-corrected chi connectivity index (χ2v) is 5.77. The molecular formula is C10H9ClN2S2. The summed E-state index contributed by atoms with van der Waals surface area (Å²) in [7, 11) is 0. The van der Waals surface area contributed by atoms with Crippen molar-refractivity contribution in [1.29, 1.82) is 0 Å². The lowest BCUT2D eigenvalue weighted by atomic mass is 9.88. The molecule has 2 heterocycles. The number of hydrogen-bond donors (Lipinski definition) is 0. The highest BCUT2D eigenvalue weighted by atomic mass is 35.5. The Morgan fingerprint density at radius 3 is 3.20 bits per heavy atom. The van der Waals surface area contributed by atoms with E-state index < -0.39 is 0 Å². The molecule has 2 aromatic rings. The van der Waals surface area contributed by atoms with Gasteiger partial charge in [-0.05, 0) is 59.4 Å². The van der Waals surface area contributed by atoms with Crippen LogP contribution in [0.25, 0.3) is 0 Å². The summed E-state index contributed by atoms with van der Waals surface area (Å²) in [6, 6.07) is 2.22. The average molecular weight is 257 g/mol. The number of halogens is 1. The maximum atomic E-state index is 5.77. The zero-order chi connectivity index (χ0) is 10.3. The zero-order valence-corrected chi connectivity index (χ0v) is 10.3. The first-order valence-corrected chi connectivity index (χ1v) is 6.93. The Morgan fingerprint density at radius 1 is 1.47 bits per heavy atom. The summed E-state index contributed by atoms with van der Waals surface area (Å²) in [4.78, 5) is 5.80. The number of hydrogen-bond acceptors (Lipinski definition) is 4. The summed E-state index contributed by atoms with van der Waals surface area (Å²) in [6.45, 7) is 0. The smallest absolute Gasteiger partial charge is 0.209 e. The van der Waals surface area contributed by atoms with Gasteiger partial charge < -0.3 is 0 Å². The van der Waals surface area contributed by atoms with Crippen LogP contribution in [0.2, 0.25) is 5.28 Å². The van der Waals surface area contributed by atoms with Gasteiger partial charge in [0.05, 0.1) is 0 Å². The Balaban J connectivity index is 2.02. The van der Waals surface area contributed by atoms with Gasteiger partial charge in [-0.1, -0.05) is 0 Å². The van der Waals surface area contributed by atoms with Crippen molar-refractivity contribution < 1.29 is 0 Å². The lowest BCUT2D eigenvalue weighted by molar-refractivity contribution is 0.622. The molecule has 0 bridgehead atoms. The molecule has 0 spiro atoms. The third-order valence-corrected chi connectivity index (χ3v) is 4.86. The Bertz CT molecular complexity index is 477. The standard InChI is InChI=1S/C10H9ClN2S2/c11-10-12-9(15-13-10)7-2-1-3-8-6(7)4-5-14-8/h4-5,7H,1-3H2. The number of nitrogens with zero attached hydrogens (tertiary/aromatic N) is 2. The summed E-state index contributed by atoms with van der Waals surface area (Å²) in [5.41, 5.74) is 1.44. The van der Waals surface area contributed by atoms with Crippen molar-refractivity contribution in [3.63, 3.8) is 0 Å². The summed E-state index contributed by atoms with van der Waals surface area (Å²) in [6.07, 6.45) is 3.64. The van der Waals surface area contributed by atoms with E-state index in [2.05, 4.69) is 20.8 Å². The predicted octanol–water partition coefficient (Wildman–Crippen LogP) is 3.72. The molecule has 3 rings (SSSR count). The topological polar surface area (TPSA) is 25.8 Å². The second-order valence-electron chi connectivity index (χ2n) is 3.65. The van der Waals surface area contributed by atoms with Crippen LogP contribution in [0.3, 0.4) is 0 Å². The lowest BCUT2D eigenvalue weighted by Crippen LogP contribution is -2.07. The first-order valence-electron chi connectivity index (χ1n) is 4.90. The first-order chi connectivity index (χ1) is 7.34. The van der Waals surface area contributed by atoms with Gasteiger partial charge in [0.25, 0.3) is 0 Å². The molecule has 0 fully saturated rings. The zero-order valence-electron chi connectivity index (χ0n) is 7.94. The van der Waals surface area contributed by atoms with Crippen molar-refractivity contribution >= 4 is 34.5 Å². The van der Waals surface area contributed by atoms with E-state index in [1.165, 1.54) is 41.2 Å². The minimum Gasteiger partial charge on any atom is -0.209 e. The van der Waals surface area contributed by atoms with E-state index in [-0.39, 0.29) is 0 Å². The van der Waals surface area contributed by atoms with E-state index in [4.69, 9.17) is 11.6 Å². The van der Waals surface area contributed by atoms with Gasteiger partial charge in [-0.25, -0.2) is 4.98 Å². The number of fused-ring (bicyclic) bond motifs is 1. The fourth-order valence-corrected chi connectivity index (χ4v) is 4.04. The van der Waals surface area contributed by atoms with E-state index in [1.54, 1.807) is 0 Å². The van der Waals surface area contributed by atoms with Gasteiger partial charge in [-0.3, -0.25) is 0 Å². The van der Waals surface area contributed by atoms with E-state index in [9.17, 15) is 0 Å². The van der Waals surface area contributed by atoms with Crippen LogP contribution in [-0.4, -0.2) is 9.36 Å². The van der Waals surface area contributed by atoms with Crippen molar-refractivity contribution in [3.8, 4) is 0 Å².